The molecular weight excluding hydrogens is 783 g/mol. The summed E-state index contributed by atoms with van der Waals surface area (Å²) in [7, 11) is 2.14. The number of phenolic OH excluding ortho intramolecular Hbond substituents is 1. The summed E-state index contributed by atoms with van der Waals surface area (Å²) in [6.45, 7) is 13.0. The molecule has 3 aromatic heterocycles. The topological polar surface area (TPSA) is 143 Å². The van der Waals surface area contributed by atoms with Gasteiger partial charge in [-0.2, -0.15) is 4.37 Å². The van der Waals surface area contributed by atoms with Gasteiger partial charge < -0.3 is 29.3 Å². The number of carbonyl (C=O) groups is 1. The van der Waals surface area contributed by atoms with Crippen LogP contribution in [0.15, 0.2) is 72.8 Å². The number of halogens is 2. The number of phenols is 1. The lowest BCUT2D eigenvalue weighted by atomic mass is 9.79. The number of aromatic nitrogens is 4. The van der Waals surface area contributed by atoms with Crippen LogP contribution in [0.2, 0.25) is 5.02 Å². The molecular formula is C43H46ClFN6O6S. The molecule has 1 saturated carbocycles. The summed E-state index contributed by atoms with van der Waals surface area (Å²) in [5.74, 6) is -0.288. The summed E-state index contributed by atoms with van der Waals surface area (Å²) in [5, 5.41) is 21.9. The maximum absolute atomic E-state index is 13.9. The SMILES string of the molecule is C=C/C(C[C@@H](Oc1nsc2cnc(C3CCC3)c(-c3ccc(OCCN4CCN(C)CC4)c(Cl)c3C)c12)C(=O)O)=C(\C)OCc1ccnc(-c2cc(F)ccc2O)n1. The third-order valence-electron chi connectivity index (χ3n) is 10.9. The summed E-state index contributed by atoms with van der Waals surface area (Å²) >= 11 is 8.23. The molecule has 7 rings (SSSR count). The van der Waals surface area contributed by atoms with Crippen LogP contribution in [0.4, 0.5) is 4.39 Å². The van der Waals surface area contributed by atoms with Crippen molar-refractivity contribution in [3.05, 3.63) is 101 Å². The molecule has 304 valence electrons. The number of fused-ring (bicyclic) bond motifs is 1. The Labute approximate surface area is 345 Å². The number of carboxylic acids is 1. The van der Waals surface area contributed by atoms with Crippen molar-refractivity contribution in [2.45, 2.75) is 58.2 Å². The van der Waals surface area contributed by atoms with Crippen molar-refractivity contribution in [1.82, 2.24) is 29.1 Å². The molecule has 0 radical (unpaired) electrons. The van der Waals surface area contributed by atoms with Crippen LogP contribution in [0.5, 0.6) is 17.4 Å². The third-order valence-corrected chi connectivity index (χ3v) is 12.1. The molecule has 2 aliphatic rings. The molecule has 0 bridgehead atoms. The van der Waals surface area contributed by atoms with Crippen molar-refractivity contribution in [1.29, 1.82) is 0 Å². The Bertz CT molecular complexity index is 2340. The number of aliphatic carboxylic acids is 1. The van der Waals surface area contributed by atoms with Crippen LogP contribution in [0.1, 0.15) is 55.5 Å². The van der Waals surface area contributed by atoms with E-state index in [9.17, 15) is 19.4 Å². The van der Waals surface area contributed by atoms with Crippen LogP contribution >= 0.6 is 23.1 Å². The molecule has 0 unspecified atom stereocenters. The van der Waals surface area contributed by atoms with E-state index in [0.717, 1.165) is 91.2 Å². The highest BCUT2D eigenvalue weighted by Crippen LogP contribution is 2.48. The Morgan fingerprint density at radius 3 is 2.66 bits per heavy atom. The number of piperazine rings is 1. The van der Waals surface area contributed by atoms with Crippen molar-refractivity contribution >= 4 is 39.2 Å². The molecule has 1 atom stereocenters. The molecule has 58 heavy (non-hydrogen) atoms. The van der Waals surface area contributed by atoms with Crippen LogP contribution in [0.25, 0.3) is 32.6 Å². The van der Waals surface area contributed by atoms with Crippen LogP contribution in [0, 0.1) is 12.7 Å². The highest BCUT2D eigenvalue weighted by Gasteiger charge is 2.31. The Morgan fingerprint density at radius 1 is 1.14 bits per heavy atom. The van der Waals surface area contributed by atoms with Crippen molar-refractivity contribution < 1.29 is 33.6 Å². The lowest BCUT2D eigenvalue weighted by Crippen LogP contribution is -2.45. The zero-order chi connectivity index (χ0) is 40.9. The maximum Gasteiger partial charge on any atom is 0.345 e. The fourth-order valence-electron chi connectivity index (χ4n) is 7.12. The van der Waals surface area contributed by atoms with Crippen molar-refractivity contribution in [2.24, 2.45) is 0 Å². The van der Waals surface area contributed by atoms with Crippen molar-refractivity contribution in [2.75, 3.05) is 46.4 Å². The zero-order valence-corrected chi connectivity index (χ0v) is 34.3. The van der Waals surface area contributed by atoms with E-state index in [4.69, 9.17) is 30.8 Å². The minimum atomic E-state index is -1.34. The van der Waals surface area contributed by atoms with E-state index in [-0.39, 0.29) is 42.0 Å². The number of pyridine rings is 1. The first kappa shape index (κ1) is 41.0. The molecule has 0 amide bonds. The van der Waals surface area contributed by atoms with E-state index in [1.165, 1.54) is 29.9 Å². The second-order valence-corrected chi connectivity index (χ2v) is 15.9. The lowest BCUT2D eigenvalue weighted by molar-refractivity contribution is -0.145. The van der Waals surface area contributed by atoms with Gasteiger partial charge in [0, 0.05) is 63.0 Å². The first-order valence-electron chi connectivity index (χ1n) is 19.3. The van der Waals surface area contributed by atoms with E-state index >= 15 is 0 Å². The highest BCUT2D eigenvalue weighted by atomic mass is 35.5. The van der Waals surface area contributed by atoms with E-state index in [0.29, 0.717) is 39.8 Å². The summed E-state index contributed by atoms with van der Waals surface area (Å²) < 4.78 is 37.8. The van der Waals surface area contributed by atoms with Crippen molar-refractivity contribution in [3.63, 3.8) is 0 Å². The van der Waals surface area contributed by atoms with Gasteiger partial charge in [-0.25, -0.2) is 19.2 Å². The summed E-state index contributed by atoms with van der Waals surface area (Å²) in [4.78, 5) is 31.0. The Morgan fingerprint density at radius 2 is 1.93 bits per heavy atom. The highest BCUT2D eigenvalue weighted by molar-refractivity contribution is 7.13. The summed E-state index contributed by atoms with van der Waals surface area (Å²) in [6.07, 6.45) is 6.49. The maximum atomic E-state index is 13.9. The average Bonchev–Trinajstić information content (AvgIpc) is 3.61. The predicted molar refractivity (Wildman–Crippen MR) is 222 cm³/mol. The number of hydrogen-bond donors (Lipinski definition) is 2. The first-order chi connectivity index (χ1) is 28.0. The molecule has 1 saturated heterocycles. The molecule has 4 heterocycles. The molecule has 2 fully saturated rings. The fraction of sp³-hybridized carbons (Fsp3) is 0.372. The van der Waals surface area contributed by atoms with Gasteiger partial charge in [0.05, 0.1) is 37.8 Å². The first-order valence-corrected chi connectivity index (χ1v) is 20.4. The Kier molecular flexibility index (Phi) is 12.9. The smallest absolute Gasteiger partial charge is 0.345 e. The second-order valence-electron chi connectivity index (χ2n) is 14.7. The van der Waals surface area contributed by atoms with Crippen LogP contribution in [-0.2, 0) is 16.1 Å². The molecule has 15 heteroatoms. The second kappa shape index (κ2) is 18.2. The van der Waals surface area contributed by atoms with Gasteiger partial charge in [-0.15, -0.1) is 0 Å². The van der Waals surface area contributed by atoms with Gasteiger partial charge in [0.2, 0.25) is 12.0 Å². The van der Waals surface area contributed by atoms with Crippen molar-refractivity contribution in [3.8, 4) is 39.9 Å². The van der Waals surface area contributed by atoms with Crippen LogP contribution < -0.4 is 9.47 Å². The van der Waals surface area contributed by atoms with Gasteiger partial charge in [0.25, 0.3) is 0 Å². The normalized spacial score (nSPS) is 16.1. The Balaban J connectivity index is 1.13. The quantitative estimate of drug-likeness (QED) is 0.0728. The molecule has 0 spiro atoms. The standard InChI is InChI=1S/C43H46ClFN6O6S/c1-5-27(26(3)56-24-30-13-14-46-41(48-30)32-22-29(45)9-11-33(32)52)21-35(43(53)54)57-42-38-36(58-49-42)23-47-40(28-7-6-8-28)37(38)31-10-12-34(39(44)25(31)2)55-20-19-51-17-15-50(4)16-18-51/h5,9-14,22-23,28,35,52H,1,6-8,15-21,24H2,2-4H3,(H,53,54)/b27-26-/t35-/m1/s1. The largest absolute Gasteiger partial charge is 0.507 e. The number of benzene rings is 2. The molecule has 1 aliphatic carbocycles. The minimum Gasteiger partial charge on any atom is -0.507 e. The van der Waals surface area contributed by atoms with E-state index in [2.05, 4.69) is 37.8 Å². The summed E-state index contributed by atoms with van der Waals surface area (Å²) in [6, 6.07) is 9.07. The number of allylic oxidation sites excluding steroid dienone is 2. The number of nitrogens with zero attached hydrogens (tertiary/aromatic N) is 6. The third kappa shape index (κ3) is 9.10. The number of ether oxygens (including phenoxy) is 3. The molecule has 2 N–H and O–H groups in total. The number of hydrogen-bond acceptors (Lipinski definition) is 12. The molecule has 12 nitrogen and oxygen atoms in total. The van der Waals surface area contributed by atoms with Crippen LogP contribution in [-0.4, -0.2) is 97.8 Å². The number of carboxylic acid groups (broad SMARTS) is 1. The van der Waals surface area contributed by atoms with E-state index in [1.54, 1.807) is 19.2 Å². The van der Waals surface area contributed by atoms with E-state index < -0.39 is 17.9 Å². The molecule has 5 aromatic rings. The number of likely N-dealkylation sites (N-methyl/N-ethyl adjacent to an activating group) is 1. The predicted octanol–water partition coefficient (Wildman–Crippen LogP) is 8.41. The van der Waals surface area contributed by atoms with Gasteiger partial charge in [0.1, 0.15) is 30.5 Å². The minimum absolute atomic E-state index is 0.00755. The fourth-order valence-corrected chi connectivity index (χ4v) is 8.04. The van der Waals surface area contributed by atoms with Crippen LogP contribution in [0.3, 0.4) is 0 Å². The van der Waals surface area contributed by atoms with Gasteiger partial charge in [-0.3, -0.25) is 9.88 Å². The van der Waals surface area contributed by atoms with Gasteiger partial charge in [0.15, 0.2) is 5.82 Å². The van der Waals surface area contributed by atoms with E-state index in [1.807, 2.05) is 19.1 Å². The molecule has 2 aromatic carbocycles. The summed E-state index contributed by atoms with van der Waals surface area (Å²) in [5.41, 5.74) is 4.56. The Hall–Kier alpha value is -5.15. The van der Waals surface area contributed by atoms with Gasteiger partial charge in [-0.05, 0) is 92.3 Å². The molecule has 1 aliphatic heterocycles. The number of aromatic hydroxyl groups is 1. The average molecular weight is 829 g/mol. The number of rotatable bonds is 16. The monoisotopic (exact) mass is 828 g/mol. The lowest BCUT2D eigenvalue weighted by Gasteiger charge is -2.32. The zero-order valence-electron chi connectivity index (χ0n) is 32.7. The van der Waals surface area contributed by atoms with Gasteiger partial charge >= 0.3 is 5.97 Å². The van der Waals surface area contributed by atoms with Gasteiger partial charge in [-0.1, -0.05) is 36.7 Å².